The molecule has 1 aliphatic rings. The normalized spacial score (nSPS) is 13.4. The van der Waals surface area contributed by atoms with Gasteiger partial charge in [0.15, 0.2) is 5.69 Å². The molecule has 0 amide bonds. The average Bonchev–Trinajstić information content (AvgIpc) is 3.06. The molecule has 0 radical (unpaired) electrons. The fourth-order valence-corrected chi connectivity index (χ4v) is 2.49. The van der Waals surface area contributed by atoms with E-state index in [1.54, 1.807) is 6.92 Å². The van der Waals surface area contributed by atoms with Crippen molar-refractivity contribution in [2.45, 2.75) is 13.3 Å². The number of carbonyl (C=O) groups is 1. The van der Waals surface area contributed by atoms with Crippen LogP contribution in [0.2, 0.25) is 0 Å². The first-order valence-corrected chi connectivity index (χ1v) is 6.63. The number of rotatable bonds is 3. The molecule has 104 valence electrons. The van der Waals surface area contributed by atoms with Crippen molar-refractivity contribution >= 4 is 11.7 Å². The van der Waals surface area contributed by atoms with Gasteiger partial charge in [0.25, 0.3) is 0 Å². The zero-order valence-electron chi connectivity index (χ0n) is 11.5. The van der Waals surface area contributed by atoms with Crippen LogP contribution < -0.4 is 4.90 Å². The Morgan fingerprint density at radius 1 is 1.45 bits per heavy atom. The number of likely N-dealkylation sites (N-methyl/N-ethyl adjacent to an activating group) is 1. The van der Waals surface area contributed by atoms with Crippen LogP contribution in [0.3, 0.4) is 0 Å². The molecule has 0 atom stereocenters. The summed E-state index contributed by atoms with van der Waals surface area (Å²) in [6, 6.07) is 6.09. The van der Waals surface area contributed by atoms with Crippen molar-refractivity contribution in [1.82, 2.24) is 15.4 Å². The molecule has 1 aromatic heterocycles. The molecule has 0 saturated carbocycles. The molecule has 1 aromatic carbocycles. The maximum absolute atomic E-state index is 11.8. The number of aromatic nitrogens is 3. The van der Waals surface area contributed by atoms with Gasteiger partial charge >= 0.3 is 5.97 Å². The van der Waals surface area contributed by atoms with Gasteiger partial charge in [0.1, 0.15) is 5.69 Å². The van der Waals surface area contributed by atoms with E-state index in [2.05, 4.69) is 39.5 Å². The van der Waals surface area contributed by atoms with E-state index in [1.807, 2.05) is 6.07 Å². The Bertz CT molecular complexity index is 650. The lowest BCUT2D eigenvalue weighted by Gasteiger charge is -2.11. The molecular weight excluding hydrogens is 256 g/mol. The Hall–Kier alpha value is -2.37. The number of anilines is 1. The van der Waals surface area contributed by atoms with E-state index < -0.39 is 5.97 Å². The number of nitrogens with zero attached hydrogens (tertiary/aromatic N) is 3. The molecule has 0 spiro atoms. The summed E-state index contributed by atoms with van der Waals surface area (Å²) in [5.41, 5.74) is 4.16. The first kappa shape index (κ1) is 12.7. The second-order valence-electron chi connectivity index (χ2n) is 4.76. The molecule has 3 rings (SSSR count). The first-order chi connectivity index (χ1) is 9.70. The number of nitrogens with one attached hydrogen (secondary N) is 1. The molecule has 1 N–H and O–H groups in total. The van der Waals surface area contributed by atoms with E-state index in [0.717, 1.165) is 18.5 Å². The van der Waals surface area contributed by atoms with Gasteiger partial charge in [-0.25, -0.2) is 4.79 Å². The van der Waals surface area contributed by atoms with Gasteiger partial charge in [-0.15, -0.1) is 5.10 Å². The smallest absolute Gasteiger partial charge is 0.361 e. The van der Waals surface area contributed by atoms with Gasteiger partial charge in [-0.3, -0.25) is 0 Å². The summed E-state index contributed by atoms with van der Waals surface area (Å²) in [5.74, 6) is -0.450. The molecule has 0 unspecified atom stereocenters. The third-order valence-electron chi connectivity index (χ3n) is 3.50. The van der Waals surface area contributed by atoms with Crippen molar-refractivity contribution in [2.24, 2.45) is 0 Å². The summed E-state index contributed by atoms with van der Waals surface area (Å²) in [6.45, 7) is 3.10. The standard InChI is InChI=1S/C14H16N4O2/c1-3-20-14(19)13-12(15-17-16-13)10-4-5-11-9(8-10)6-7-18(11)2/h4-5,8H,3,6-7H2,1-2H3,(H,15,16,17). The Morgan fingerprint density at radius 2 is 2.30 bits per heavy atom. The van der Waals surface area contributed by atoms with Crippen molar-refractivity contribution in [3.8, 4) is 11.3 Å². The highest BCUT2D eigenvalue weighted by Gasteiger charge is 2.21. The molecule has 0 saturated heterocycles. The third-order valence-corrected chi connectivity index (χ3v) is 3.50. The molecule has 0 fully saturated rings. The minimum atomic E-state index is -0.450. The van der Waals surface area contributed by atoms with E-state index in [0.29, 0.717) is 12.3 Å². The summed E-state index contributed by atoms with van der Waals surface area (Å²) in [7, 11) is 2.08. The van der Waals surface area contributed by atoms with E-state index in [-0.39, 0.29) is 5.69 Å². The molecule has 6 nitrogen and oxygen atoms in total. The lowest BCUT2D eigenvalue weighted by atomic mass is 10.0. The van der Waals surface area contributed by atoms with Crippen molar-refractivity contribution in [3.05, 3.63) is 29.5 Å². The van der Waals surface area contributed by atoms with Crippen LogP contribution in [0.1, 0.15) is 23.0 Å². The monoisotopic (exact) mass is 272 g/mol. The summed E-state index contributed by atoms with van der Waals surface area (Å²) in [4.78, 5) is 14.0. The number of hydrogen-bond donors (Lipinski definition) is 1. The van der Waals surface area contributed by atoms with Crippen LogP contribution in [-0.2, 0) is 11.2 Å². The Labute approximate surface area is 116 Å². The maximum Gasteiger partial charge on any atom is 0.361 e. The molecule has 0 aliphatic carbocycles. The quantitative estimate of drug-likeness (QED) is 0.860. The second-order valence-corrected chi connectivity index (χ2v) is 4.76. The van der Waals surface area contributed by atoms with Crippen molar-refractivity contribution < 1.29 is 9.53 Å². The topological polar surface area (TPSA) is 71.1 Å². The number of benzene rings is 1. The first-order valence-electron chi connectivity index (χ1n) is 6.63. The number of ether oxygens (including phenoxy) is 1. The minimum absolute atomic E-state index is 0.234. The number of H-pyrrole nitrogens is 1. The van der Waals surface area contributed by atoms with Gasteiger partial charge in [0.05, 0.1) is 6.61 Å². The highest BCUT2D eigenvalue weighted by Crippen LogP contribution is 2.31. The molecule has 2 heterocycles. The Morgan fingerprint density at radius 3 is 3.10 bits per heavy atom. The van der Waals surface area contributed by atoms with E-state index >= 15 is 0 Å². The fourth-order valence-electron chi connectivity index (χ4n) is 2.49. The van der Waals surface area contributed by atoms with Crippen LogP contribution in [0.25, 0.3) is 11.3 Å². The molecule has 1 aliphatic heterocycles. The molecule has 6 heteroatoms. The summed E-state index contributed by atoms with van der Waals surface area (Å²) < 4.78 is 4.99. The van der Waals surface area contributed by atoms with Gasteiger partial charge < -0.3 is 9.64 Å². The van der Waals surface area contributed by atoms with Gasteiger partial charge in [-0.2, -0.15) is 10.3 Å². The minimum Gasteiger partial charge on any atom is -0.461 e. The summed E-state index contributed by atoms with van der Waals surface area (Å²) >= 11 is 0. The van der Waals surface area contributed by atoms with Gasteiger partial charge in [0, 0.05) is 24.8 Å². The average molecular weight is 272 g/mol. The number of esters is 1. The van der Waals surface area contributed by atoms with Crippen LogP contribution in [-0.4, -0.2) is 41.6 Å². The van der Waals surface area contributed by atoms with E-state index in [4.69, 9.17) is 4.74 Å². The fraction of sp³-hybridized carbons (Fsp3) is 0.357. The van der Waals surface area contributed by atoms with Gasteiger partial charge in [-0.05, 0) is 31.0 Å². The Kier molecular flexibility index (Phi) is 3.14. The van der Waals surface area contributed by atoms with E-state index in [1.165, 1.54) is 11.3 Å². The lowest BCUT2D eigenvalue weighted by molar-refractivity contribution is 0.0520. The van der Waals surface area contributed by atoms with E-state index in [9.17, 15) is 4.79 Å². The predicted molar refractivity (Wildman–Crippen MR) is 74.7 cm³/mol. The molecule has 2 aromatic rings. The van der Waals surface area contributed by atoms with Crippen LogP contribution in [0.4, 0.5) is 5.69 Å². The zero-order valence-corrected chi connectivity index (χ0v) is 11.5. The number of carbonyl (C=O) groups excluding carboxylic acids is 1. The summed E-state index contributed by atoms with van der Waals surface area (Å²) in [6.07, 6.45) is 1.01. The highest BCUT2D eigenvalue weighted by molar-refractivity contribution is 5.94. The largest absolute Gasteiger partial charge is 0.461 e. The van der Waals surface area contributed by atoms with Gasteiger partial charge in [-0.1, -0.05) is 6.07 Å². The summed E-state index contributed by atoms with van der Waals surface area (Å²) in [5, 5.41) is 10.5. The van der Waals surface area contributed by atoms with Crippen LogP contribution >= 0.6 is 0 Å². The van der Waals surface area contributed by atoms with Gasteiger partial charge in [0.2, 0.25) is 0 Å². The molecule has 0 bridgehead atoms. The van der Waals surface area contributed by atoms with Crippen LogP contribution in [0.15, 0.2) is 18.2 Å². The number of aromatic amines is 1. The third kappa shape index (κ3) is 2.03. The highest BCUT2D eigenvalue weighted by atomic mass is 16.5. The van der Waals surface area contributed by atoms with Crippen LogP contribution in [0.5, 0.6) is 0 Å². The second kappa shape index (κ2) is 4.96. The van der Waals surface area contributed by atoms with Crippen molar-refractivity contribution in [2.75, 3.05) is 25.1 Å². The van der Waals surface area contributed by atoms with Crippen molar-refractivity contribution in [1.29, 1.82) is 0 Å². The number of hydrogen-bond acceptors (Lipinski definition) is 5. The maximum atomic E-state index is 11.8. The number of fused-ring (bicyclic) bond motifs is 1. The predicted octanol–water partition coefficient (Wildman–Crippen LogP) is 1.64. The SMILES string of the molecule is CCOC(=O)c1n[nH]nc1-c1ccc2c(c1)CCN2C. The molecule has 20 heavy (non-hydrogen) atoms. The lowest BCUT2D eigenvalue weighted by Crippen LogP contribution is -2.12. The van der Waals surface area contributed by atoms with Crippen LogP contribution in [0, 0.1) is 0 Å². The molecular formula is C14H16N4O2. The van der Waals surface area contributed by atoms with Crippen molar-refractivity contribution in [3.63, 3.8) is 0 Å². The zero-order chi connectivity index (χ0) is 14.1. The Balaban J connectivity index is 1.98.